The van der Waals surface area contributed by atoms with Crippen molar-refractivity contribution in [3.8, 4) is 0 Å². The number of hydrogen-bond donors (Lipinski definition) is 1. The van der Waals surface area contributed by atoms with Crippen LogP contribution in [0, 0.1) is 6.92 Å². The van der Waals surface area contributed by atoms with Crippen molar-refractivity contribution in [2.75, 3.05) is 20.3 Å². The molecule has 1 saturated carbocycles. The highest BCUT2D eigenvalue weighted by atomic mass is 16.5. The summed E-state index contributed by atoms with van der Waals surface area (Å²) >= 11 is 0. The Morgan fingerprint density at radius 3 is 2.79 bits per heavy atom. The van der Waals surface area contributed by atoms with Crippen molar-refractivity contribution in [3.05, 3.63) is 23.6 Å². The summed E-state index contributed by atoms with van der Waals surface area (Å²) in [6.07, 6.45) is 6.24. The van der Waals surface area contributed by atoms with Gasteiger partial charge in [0.05, 0.1) is 12.1 Å². The molecule has 0 bridgehead atoms. The van der Waals surface area contributed by atoms with Crippen LogP contribution in [0.15, 0.2) is 16.5 Å². The lowest BCUT2D eigenvalue weighted by Crippen LogP contribution is -2.65. The quantitative estimate of drug-likeness (QED) is 0.754. The van der Waals surface area contributed by atoms with E-state index in [9.17, 15) is 9.59 Å². The molecule has 1 aliphatic carbocycles. The van der Waals surface area contributed by atoms with Gasteiger partial charge < -0.3 is 23.9 Å². The Hall–Kier alpha value is -2.28. The van der Waals surface area contributed by atoms with Gasteiger partial charge in [-0.15, -0.1) is 0 Å². The lowest BCUT2D eigenvalue weighted by atomic mass is 9.91. The lowest BCUT2D eigenvalue weighted by molar-refractivity contribution is -0.133. The summed E-state index contributed by atoms with van der Waals surface area (Å²) < 4.78 is 12.9. The summed E-state index contributed by atoms with van der Waals surface area (Å²) in [6, 6.07) is 3.94. The number of amides is 2. The largest absolute Gasteiger partial charge is 0.460 e. The van der Waals surface area contributed by atoms with Crippen molar-refractivity contribution >= 4 is 22.9 Å². The molecule has 7 nitrogen and oxygen atoms in total. The van der Waals surface area contributed by atoms with Gasteiger partial charge in [0.25, 0.3) is 5.91 Å². The third-order valence-electron chi connectivity index (χ3n) is 6.40. The van der Waals surface area contributed by atoms with E-state index < -0.39 is 5.54 Å². The number of fused-ring (bicyclic) bond motifs is 3. The average Bonchev–Trinajstić information content (AvgIpc) is 3.22. The highest BCUT2D eigenvalue weighted by Crippen LogP contribution is 2.34. The van der Waals surface area contributed by atoms with Gasteiger partial charge in [0.2, 0.25) is 5.91 Å². The molecule has 0 saturated heterocycles. The fraction of sp³-hybridized carbons (Fsp3) is 0.636. The van der Waals surface area contributed by atoms with E-state index in [1.165, 1.54) is 6.42 Å². The molecule has 1 N–H and O–H groups in total. The highest BCUT2D eigenvalue weighted by Gasteiger charge is 2.48. The zero-order valence-corrected chi connectivity index (χ0v) is 17.6. The number of methoxy groups -OCH3 is 1. The molecule has 2 aliphatic rings. The van der Waals surface area contributed by atoms with E-state index in [4.69, 9.17) is 9.15 Å². The standard InChI is InChI=1S/C22H31N3O4/c1-15-12-17-19(29-15)13-18-20(26)25(10-7-11-28-3)22(2,14-24(17)18)21(27)23-16-8-5-4-6-9-16/h12-13,16H,4-11,14H2,1-3H3,(H,23,27)/t22-/m0/s1. The number of ether oxygens (including phenoxy) is 1. The summed E-state index contributed by atoms with van der Waals surface area (Å²) in [4.78, 5) is 28.6. The number of nitrogens with zero attached hydrogens (tertiary/aromatic N) is 2. The molecule has 0 aromatic carbocycles. The first-order valence-electron chi connectivity index (χ1n) is 10.7. The molecule has 1 aliphatic heterocycles. The van der Waals surface area contributed by atoms with Gasteiger partial charge in [0.1, 0.15) is 17.0 Å². The maximum atomic E-state index is 13.5. The third-order valence-corrected chi connectivity index (χ3v) is 6.40. The molecule has 0 radical (unpaired) electrons. The van der Waals surface area contributed by atoms with Crippen LogP contribution in [-0.2, 0) is 16.1 Å². The summed E-state index contributed by atoms with van der Waals surface area (Å²) in [5.41, 5.74) is 1.20. The minimum absolute atomic E-state index is 0.0668. The molecule has 4 rings (SSSR count). The fourth-order valence-electron chi connectivity index (χ4n) is 4.77. The molecular weight excluding hydrogens is 370 g/mol. The van der Waals surface area contributed by atoms with E-state index in [2.05, 4.69) is 5.32 Å². The average molecular weight is 402 g/mol. The number of aryl methyl sites for hydroxylation is 1. The topological polar surface area (TPSA) is 76.7 Å². The monoisotopic (exact) mass is 401 g/mol. The Bertz CT molecular complexity index is 909. The number of rotatable bonds is 6. The molecule has 0 spiro atoms. The SMILES string of the molecule is COCCCN1C(=O)c2cc3oc(C)cc3n2C[C@@]1(C)C(=O)NC1CCCCC1. The van der Waals surface area contributed by atoms with Crippen LogP contribution >= 0.6 is 0 Å². The Kier molecular flexibility index (Phi) is 5.42. The number of carbonyl (C=O) groups is 2. The summed E-state index contributed by atoms with van der Waals surface area (Å²) in [5.74, 6) is 0.606. The van der Waals surface area contributed by atoms with Gasteiger partial charge >= 0.3 is 0 Å². The van der Waals surface area contributed by atoms with Crippen molar-refractivity contribution in [3.63, 3.8) is 0 Å². The first-order chi connectivity index (χ1) is 13.9. The molecule has 1 fully saturated rings. The highest BCUT2D eigenvalue weighted by molar-refractivity contribution is 6.03. The van der Waals surface area contributed by atoms with Crippen molar-refractivity contribution in [2.45, 2.75) is 70.5 Å². The molecule has 3 heterocycles. The molecule has 2 aromatic heterocycles. The number of hydrogen-bond acceptors (Lipinski definition) is 4. The van der Waals surface area contributed by atoms with Crippen molar-refractivity contribution in [1.82, 2.24) is 14.8 Å². The van der Waals surface area contributed by atoms with Crippen LogP contribution in [0.2, 0.25) is 0 Å². The van der Waals surface area contributed by atoms with E-state index in [0.717, 1.165) is 37.0 Å². The van der Waals surface area contributed by atoms with Crippen LogP contribution in [0.4, 0.5) is 0 Å². The normalized spacial score (nSPS) is 22.9. The Balaban J connectivity index is 1.67. The van der Waals surface area contributed by atoms with Crippen LogP contribution in [-0.4, -0.2) is 53.1 Å². The Labute approximate surface area is 171 Å². The van der Waals surface area contributed by atoms with Gasteiger partial charge in [-0.1, -0.05) is 19.3 Å². The molecular formula is C22H31N3O4. The van der Waals surface area contributed by atoms with Crippen molar-refractivity contribution in [1.29, 1.82) is 0 Å². The molecule has 158 valence electrons. The number of carbonyl (C=O) groups excluding carboxylic acids is 2. The molecule has 7 heteroatoms. The number of nitrogens with one attached hydrogen (secondary N) is 1. The maximum absolute atomic E-state index is 13.5. The van der Waals surface area contributed by atoms with E-state index in [-0.39, 0.29) is 17.9 Å². The van der Waals surface area contributed by atoms with Gasteiger partial charge in [-0.25, -0.2) is 0 Å². The second-order valence-corrected chi connectivity index (χ2v) is 8.61. The molecule has 29 heavy (non-hydrogen) atoms. The van der Waals surface area contributed by atoms with Gasteiger partial charge in [0.15, 0.2) is 5.58 Å². The fourth-order valence-corrected chi connectivity index (χ4v) is 4.77. The predicted octanol–water partition coefficient (Wildman–Crippen LogP) is 3.24. The van der Waals surface area contributed by atoms with E-state index in [1.807, 2.05) is 24.5 Å². The third kappa shape index (κ3) is 3.56. The number of aromatic nitrogens is 1. The second-order valence-electron chi connectivity index (χ2n) is 8.61. The predicted molar refractivity (Wildman–Crippen MR) is 110 cm³/mol. The van der Waals surface area contributed by atoms with E-state index in [0.29, 0.717) is 37.4 Å². The summed E-state index contributed by atoms with van der Waals surface area (Å²) in [5, 5.41) is 3.25. The second kappa shape index (κ2) is 7.86. The molecule has 0 unspecified atom stereocenters. The van der Waals surface area contributed by atoms with Crippen LogP contribution in [0.1, 0.15) is 61.7 Å². The van der Waals surface area contributed by atoms with Gasteiger partial charge in [-0.2, -0.15) is 0 Å². The number of furan rings is 1. The zero-order valence-electron chi connectivity index (χ0n) is 17.6. The van der Waals surface area contributed by atoms with Crippen LogP contribution in [0.3, 0.4) is 0 Å². The summed E-state index contributed by atoms with van der Waals surface area (Å²) in [6.45, 7) is 5.22. The van der Waals surface area contributed by atoms with E-state index in [1.54, 1.807) is 18.1 Å². The smallest absolute Gasteiger partial charge is 0.271 e. The van der Waals surface area contributed by atoms with Crippen LogP contribution < -0.4 is 5.32 Å². The Morgan fingerprint density at radius 1 is 1.31 bits per heavy atom. The lowest BCUT2D eigenvalue weighted by Gasteiger charge is -2.44. The first kappa shape index (κ1) is 20.0. The van der Waals surface area contributed by atoms with E-state index >= 15 is 0 Å². The van der Waals surface area contributed by atoms with Crippen LogP contribution in [0.25, 0.3) is 11.1 Å². The van der Waals surface area contributed by atoms with Crippen molar-refractivity contribution in [2.24, 2.45) is 0 Å². The molecule has 1 atom stereocenters. The van der Waals surface area contributed by atoms with Gasteiger partial charge in [-0.05, 0) is 33.1 Å². The minimum Gasteiger partial charge on any atom is -0.460 e. The Morgan fingerprint density at radius 2 is 2.07 bits per heavy atom. The van der Waals surface area contributed by atoms with Gasteiger partial charge in [-0.3, -0.25) is 9.59 Å². The first-order valence-corrected chi connectivity index (χ1v) is 10.7. The van der Waals surface area contributed by atoms with Crippen LogP contribution in [0.5, 0.6) is 0 Å². The zero-order chi connectivity index (χ0) is 20.6. The maximum Gasteiger partial charge on any atom is 0.271 e. The minimum atomic E-state index is -0.952. The molecule has 2 aromatic rings. The van der Waals surface area contributed by atoms with Gasteiger partial charge in [0, 0.05) is 38.4 Å². The molecule has 2 amide bonds. The van der Waals surface area contributed by atoms with Crippen molar-refractivity contribution < 1.29 is 18.7 Å². The summed E-state index contributed by atoms with van der Waals surface area (Å²) in [7, 11) is 1.65.